The molecule has 4 nitrogen and oxygen atoms in total. The number of anilines is 1. The van der Waals surface area contributed by atoms with Gasteiger partial charge < -0.3 is 9.32 Å². The molecule has 0 atom stereocenters. The van der Waals surface area contributed by atoms with Gasteiger partial charge in [0.05, 0.1) is 0 Å². The molecule has 0 bridgehead atoms. The van der Waals surface area contributed by atoms with Crippen molar-refractivity contribution in [2.75, 3.05) is 22.4 Å². The average Bonchev–Trinajstić information content (AvgIpc) is 2.59. The van der Waals surface area contributed by atoms with Gasteiger partial charge in [0.2, 0.25) is 0 Å². The molecule has 0 amide bonds. The third-order valence-corrected chi connectivity index (χ3v) is 5.11. The molecule has 0 aliphatic carbocycles. The maximum absolute atomic E-state index is 12.2. The molecule has 0 aliphatic heterocycles. The first-order valence-electron chi connectivity index (χ1n) is 8.52. The number of nitrogens with zero attached hydrogens (tertiary/aromatic N) is 1. The minimum Gasteiger partial charge on any atom is -0.422 e. The summed E-state index contributed by atoms with van der Waals surface area (Å²) in [5.41, 5.74) is 2.07. The zero-order valence-corrected chi connectivity index (χ0v) is 16.5. The molecular formula is C19H24INO3. The molecule has 0 saturated heterocycles. The van der Waals surface area contributed by atoms with E-state index in [9.17, 15) is 9.59 Å². The second-order valence-corrected chi connectivity index (χ2v) is 6.83. The van der Waals surface area contributed by atoms with Gasteiger partial charge in [0.25, 0.3) is 0 Å². The number of benzene rings is 1. The predicted molar refractivity (Wildman–Crippen MR) is 108 cm³/mol. The topological polar surface area (TPSA) is 50.5 Å². The van der Waals surface area contributed by atoms with Crippen LogP contribution in [0.15, 0.2) is 27.4 Å². The van der Waals surface area contributed by atoms with Crippen molar-refractivity contribution >= 4 is 45.5 Å². The second-order valence-electron chi connectivity index (χ2n) is 5.75. The summed E-state index contributed by atoms with van der Waals surface area (Å²) in [7, 11) is 0. The summed E-state index contributed by atoms with van der Waals surface area (Å²) in [6, 6.07) is 5.93. The maximum atomic E-state index is 12.2. The van der Waals surface area contributed by atoms with Crippen molar-refractivity contribution in [2.45, 2.75) is 39.5 Å². The number of alkyl halides is 1. The van der Waals surface area contributed by atoms with E-state index in [4.69, 9.17) is 4.42 Å². The number of fused-ring (bicyclic) bond motifs is 1. The average molecular weight is 441 g/mol. The molecule has 0 radical (unpaired) electrons. The Hall–Kier alpha value is -1.37. The van der Waals surface area contributed by atoms with Crippen LogP contribution in [0.5, 0.6) is 0 Å². The molecule has 1 heterocycles. The Kier molecular flexibility index (Phi) is 7.27. The molecule has 0 saturated carbocycles. The fourth-order valence-electron chi connectivity index (χ4n) is 3.01. The van der Waals surface area contributed by atoms with Crippen LogP contribution in [0.2, 0.25) is 0 Å². The minimum atomic E-state index is -0.530. The Bertz CT molecular complexity index is 750. The summed E-state index contributed by atoms with van der Waals surface area (Å²) in [5, 5.41) is 0.877. The number of hydrogen-bond acceptors (Lipinski definition) is 4. The number of halogens is 1. The SMILES string of the molecule is CCN(CC)c1ccc2c(CCCCCI)c(C=O)c(=O)oc2c1. The van der Waals surface area contributed by atoms with Gasteiger partial charge in [-0.15, -0.1) is 0 Å². The first-order chi connectivity index (χ1) is 11.7. The first kappa shape index (κ1) is 19.0. The van der Waals surface area contributed by atoms with Gasteiger partial charge in [-0.05, 0) is 55.2 Å². The van der Waals surface area contributed by atoms with Gasteiger partial charge in [0.1, 0.15) is 11.1 Å². The predicted octanol–water partition coefficient (Wildman–Crippen LogP) is 4.60. The van der Waals surface area contributed by atoms with Crippen LogP contribution in [0, 0.1) is 0 Å². The summed E-state index contributed by atoms with van der Waals surface area (Å²) < 4.78 is 6.55. The Morgan fingerprint density at radius 2 is 1.92 bits per heavy atom. The second kappa shape index (κ2) is 9.20. The summed E-state index contributed by atoms with van der Waals surface area (Å²) in [6.45, 7) is 5.97. The van der Waals surface area contributed by atoms with Crippen LogP contribution in [-0.4, -0.2) is 23.8 Å². The summed E-state index contributed by atoms with van der Waals surface area (Å²) in [5.74, 6) is 0. The van der Waals surface area contributed by atoms with Crippen molar-refractivity contribution in [1.82, 2.24) is 0 Å². The van der Waals surface area contributed by atoms with Crippen molar-refractivity contribution in [3.8, 4) is 0 Å². The molecule has 0 aliphatic rings. The normalized spacial score (nSPS) is 11.0. The lowest BCUT2D eigenvalue weighted by Gasteiger charge is -2.21. The molecule has 5 heteroatoms. The molecule has 0 spiro atoms. The van der Waals surface area contributed by atoms with E-state index in [2.05, 4.69) is 41.3 Å². The fraction of sp³-hybridized carbons (Fsp3) is 0.474. The summed E-state index contributed by atoms with van der Waals surface area (Å²) in [6.07, 6.45) is 4.60. The number of unbranched alkanes of at least 4 members (excludes halogenated alkanes) is 2. The Morgan fingerprint density at radius 3 is 2.54 bits per heavy atom. The van der Waals surface area contributed by atoms with E-state index in [1.54, 1.807) is 0 Å². The molecule has 1 aromatic heterocycles. The lowest BCUT2D eigenvalue weighted by Crippen LogP contribution is -2.21. The van der Waals surface area contributed by atoms with E-state index in [0.717, 1.165) is 59.8 Å². The van der Waals surface area contributed by atoms with Crippen molar-refractivity contribution < 1.29 is 9.21 Å². The van der Waals surface area contributed by atoms with E-state index in [0.29, 0.717) is 11.9 Å². The third kappa shape index (κ3) is 4.18. The lowest BCUT2D eigenvalue weighted by atomic mass is 9.99. The van der Waals surface area contributed by atoms with Crippen LogP contribution in [0.25, 0.3) is 11.0 Å². The van der Waals surface area contributed by atoms with Crippen LogP contribution < -0.4 is 10.5 Å². The van der Waals surface area contributed by atoms with Crippen molar-refractivity contribution in [2.24, 2.45) is 0 Å². The highest BCUT2D eigenvalue weighted by Crippen LogP contribution is 2.26. The quantitative estimate of drug-likeness (QED) is 0.188. The molecule has 0 unspecified atom stereocenters. The standard InChI is InChI=1S/C19H24INO3/c1-3-21(4-2)14-9-10-16-15(8-6-5-7-11-20)17(13-22)19(23)24-18(16)12-14/h9-10,12-13H,3-8,11H2,1-2H3. The fourth-order valence-corrected chi connectivity index (χ4v) is 3.55. The Balaban J connectivity index is 2.48. The molecule has 1 aromatic carbocycles. The molecule has 0 N–H and O–H groups in total. The van der Waals surface area contributed by atoms with E-state index in [-0.39, 0.29) is 5.56 Å². The Labute approximate surface area is 156 Å². The van der Waals surface area contributed by atoms with Gasteiger partial charge in [-0.3, -0.25) is 4.79 Å². The number of aryl methyl sites for hydroxylation is 1. The zero-order valence-electron chi connectivity index (χ0n) is 14.3. The van der Waals surface area contributed by atoms with E-state index in [1.807, 2.05) is 18.2 Å². The highest BCUT2D eigenvalue weighted by atomic mass is 127. The number of rotatable bonds is 9. The van der Waals surface area contributed by atoms with Crippen LogP contribution in [0.3, 0.4) is 0 Å². The van der Waals surface area contributed by atoms with Gasteiger partial charge in [-0.1, -0.05) is 29.0 Å². The molecule has 24 heavy (non-hydrogen) atoms. The van der Waals surface area contributed by atoms with E-state index in [1.165, 1.54) is 0 Å². The van der Waals surface area contributed by atoms with E-state index >= 15 is 0 Å². The minimum absolute atomic E-state index is 0.174. The van der Waals surface area contributed by atoms with Gasteiger partial charge >= 0.3 is 5.63 Å². The summed E-state index contributed by atoms with van der Waals surface area (Å²) in [4.78, 5) is 25.8. The van der Waals surface area contributed by atoms with Gasteiger partial charge in [0, 0.05) is 30.2 Å². The largest absolute Gasteiger partial charge is 0.422 e. The van der Waals surface area contributed by atoms with Gasteiger partial charge in [-0.25, -0.2) is 4.79 Å². The molecule has 2 rings (SSSR count). The van der Waals surface area contributed by atoms with Crippen LogP contribution >= 0.6 is 22.6 Å². The van der Waals surface area contributed by atoms with Gasteiger partial charge in [-0.2, -0.15) is 0 Å². The smallest absolute Gasteiger partial charge is 0.347 e. The highest BCUT2D eigenvalue weighted by molar-refractivity contribution is 14.1. The molecule has 0 fully saturated rings. The van der Waals surface area contributed by atoms with E-state index < -0.39 is 5.63 Å². The van der Waals surface area contributed by atoms with Crippen LogP contribution in [0.1, 0.15) is 49.0 Å². The Morgan fingerprint density at radius 1 is 1.17 bits per heavy atom. The monoisotopic (exact) mass is 441 g/mol. The zero-order chi connectivity index (χ0) is 17.5. The molecule has 130 valence electrons. The number of hydrogen-bond donors (Lipinski definition) is 0. The highest BCUT2D eigenvalue weighted by Gasteiger charge is 2.15. The number of aldehydes is 1. The van der Waals surface area contributed by atoms with Crippen LogP contribution in [-0.2, 0) is 6.42 Å². The molecular weight excluding hydrogens is 417 g/mol. The van der Waals surface area contributed by atoms with Crippen molar-refractivity contribution in [3.05, 3.63) is 39.7 Å². The number of carbonyl (C=O) groups excluding carboxylic acids is 1. The third-order valence-electron chi connectivity index (χ3n) is 4.34. The van der Waals surface area contributed by atoms with Crippen molar-refractivity contribution in [1.29, 1.82) is 0 Å². The van der Waals surface area contributed by atoms with Gasteiger partial charge in [0.15, 0.2) is 6.29 Å². The van der Waals surface area contributed by atoms with Crippen molar-refractivity contribution in [3.63, 3.8) is 0 Å². The van der Waals surface area contributed by atoms with Crippen LogP contribution in [0.4, 0.5) is 5.69 Å². The maximum Gasteiger partial charge on any atom is 0.347 e. The lowest BCUT2D eigenvalue weighted by molar-refractivity contribution is 0.111. The first-order valence-corrected chi connectivity index (χ1v) is 10.0. The summed E-state index contributed by atoms with van der Waals surface area (Å²) >= 11 is 2.37. The number of carbonyl (C=O) groups is 1. The molecule has 2 aromatic rings.